The minimum atomic E-state index is -0.127. The van der Waals surface area contributed by atoms with Crippen LogP contribution in [0.1, 0.15) is 17.9 Å². The van der Waals surface area contributed by atoms with Gasteiger partial charge in [0.2, 0.25) is 0 Å². The van der Waals surface area contributed by atoms with Gasteiger partial charge in [-0.1, -0.05) is 12.1 Å². The van der Waals surface area contributed by atoms with E-state index in [0.29, 0.717) is 6.61 Å². The number of hydrogen-bond donors (Lipinski definition) is 0. The fourth-order valence-corrected chi connectivity index (χ4v) is 1.66. The first-order valence-corrected chi connectivity index (χ1v) is 4.62. The third-order valence-electron chi connectivity index (χ3n) is 2.43. The minimum Gasteiger partial charge on any atom is -0.497 e. The van der Waals surface area contributed by atoms with Gasteiger partial charge in [-0.15, -0.1) is 0 Å². The van der Waals surface area contributed by atoms with E-state index < -0.39 is 0 Å². The first-order chi connectivity index (χ1) is 6.81. The van der Waals surface area contributed by atoms with Gasteiger partial charge in [0.15, 0.2) is 0 Å². The zero-order chi connectivity index (χ0) is 9.97. The number of hydrogen-bond acceptors (Lipinski definition) is 3. The molecule has 0 radical (unpaired) electrons. The van der Waals surface area contributed by atoms with Gasteiger partial charge in [0, 0.05) is 0 Å². The zero-order valence-corrected chi connectivity index (χ0v) is 8.03. The van der Waals surface area contributed by atoms with Gasteiger partial charge < -0.3 is 9.47 Å². The SMILES string of the molecule is COc1cccc(C2CCOC2=O)c1. The van der Waals surface area contributed by atoms with Crippen molar-refractivity contribution in [2.45, 2.75) is 12.3 Å². The standard InChI is InChI=1S/C11H12O3/c1-13-9-4-2-3-8(7-9)10-5-6-14-11(10)12/h2-4,7,10H,5-6H2,1H3. The van der Waals surface area contributed by atoms with Crippen LogP contribution in [0.3, 0.4) is 0 Å². The van der Waals surface area contributed by atoms with Gasteiger partial charge >= 0.3 is 5.97 Å². The molecule has 1 aromatic carbocycles. The van der Waals surface area contributed by atoms with Crippen LogP contribution in [0.5, 0.6) is 5.75 Å². The normalized spacial score (nSPS) is 20.6. The van der Waals surface area contributed by atoms with Crippen LogP contribution in [0, 0.1) is 0 Å². The monoisotopic (exact) mass is 192 g/mol. The Bertz CT molecular complexity index is 346. The Morgan fingerprint density at radius 3 is 3.00 bits per heavy atom. The molecule has 3 nitrogen and oxygen atoms in total. The van der Waals surface area contributed by atoms with E-state index in [0.717, 1.165) is 17.7 Å². The topological polar surface area (TPSA) is 35.5 Å². The number of carbonyl (C=O) groups is 1. The summed E-state index contributed by atoms with van der Waals surface area (Å²) in [5, 5.41) is 0. The molecule has 0 bridgehead atoms. The summed E-state index contributed by atoms with van der Waals surface area (Å²) in [6, 6.07) is 7.57. The molecule has 0 spiro atoms. The van der Waals surface area contributed by atoms with Gasteiger partial charge in [0.05, 0.1) is 19.6 Å². The average Bonchev–Trinajstić information content (AvgIpc) is 2.65. The van der Waals surface area contributed by atoms with Gasteiger partial charge in [-0.2, -0.15) is 0 Å². The van der Waals surface area contributed by atoms with Crippen molar-refractivity contribution in [1.29, 1.82) is 0 Å². The van der Waals surface area contributed by atoms with Crippen LogP contribution in [-0.4, -0.2) is 19.7 Å². The van der Waals surface area contributed by atoms with Gasteiger partial charge in [-0.05, 0) is 24.1 Å². The van der Waals surface area contributed by atoms with Crippen molar-refractivity contribution in [3.8, 4) is 5.75 Å². The van der Waals surface area contributed by atoms with E-state index >= 15 is 0 Å². The average molecular weight is 192 g/mol. The summed E-state index contributed by atoms with van der Waals surface area (Å²) in [5.41, 5.74) is 0.979. The van der Waals surface area contributed by atoms with E-state index in [1.54, 1.807) is 7.11 Å². The second-order valence-corrected chi connectivity index (χ2v) is 3.29. The molecule has 0 amide bonds. The van der Waals surface area contributed by atoms with Gasteiger partial charge in [-0.3, -0.25) is 4.79 Å². The summed E-state index contributed by atoms with van der Waals surface area (Å²) in [6.07, 6.45) is 0.770. The fourth-order valence-electron chi connectivity index (χ4n) is 1.66. The van der Waals surface area contributed by atoms with E-state index in [4.69, 9.17) is 9.47 Å². The lowest BCUT2D eigenvalue weighted by Crippen LogP contribution is -2.05. The first-order valence-electron chi connectivity index (χ1n) is 4.62. The molecule has 0 aliphatic carbocycles. The summed E-state index contributed by atoms with van der Waals surface area (Å²) in [5.74, 6) is 0.547. The van der Waals surface area contributed by atoms with Crippen molar-refractivity contribution in [2.75, 3.05) is 13.7 Å². The van der Waals surface area contributed by atoms with Crippen LogP contribution in [0.2, 0.25) is 0 Å². The fraction of sp³-hybridized carbons (Fsp3) is 0.364. The van der Waals surface area contributed by atoms with E-state index in [1.165, 1.54) is 0 Å². The highest BCUT2D eigenvalue weighted by Crippen LogP contribution is 2.28. The van der Waals surface area contributed by atoms with Crippen LogP contribution in [0.4, 0.5) is 0 Å². The number of carbonyl (C=O) groups excluding carboxylic acids is 1. The molecule has 1 fully saturated rings. The van der Waals surface area contributed by atoms with E-state index in [2.05, 4.69) is 0 Å². The Hall–Kier alpha value is -1.51. The van der Waals surface area contributed by atoms with Crippen LogP contribution in [0.25, 0.3) is 0 Å². The second-order valence-electron chi connectivity index (χ2n) is 3.29. The van der Waals surface area contributed by atoms with Crippen molar-refractivity contribution < 1.29 is 14.3 Å². The van der Waals surface area contributed by atoms with Crippen LogP contribution >= 0.6 is 0 Å². The first kappa shape index (κ1) is 9.06. The molecule has 1 aliphatic heterocycles. The van der Waals surface area contributed by atoms with Crippen LogP contribution in [0.15, 0.2) is 24.3 Å². The molecule has 1 unspecified atom stereocenters. The molecule has 14 heavy (non-hydrogen) atoms. The Balaban J connectivity index is 2.26. The molecule has 1 aliphatic rings. The molecule has 0 aromatic heterocycles. The quantitative estimate of drug-likeness (QED) is 0.669. The summed E-state index contributed by atoms with van der Waals surface area (Å²) >= 11 is 0. The molecule has 1 aromatic rings. The number of ether oxygens (including phenoxy) is 2. The van der Waals surface area contributed by atoms with Gasteiger partial charge in [0.25, 0.3) is 0 Å². The molecule has 1 saturated heterocycles. The highest BCUT2D eigenvalue weighted by Gasteiger charge is 2.28. The van der Waals surface area contributed by atoms with E-state index in [1.807, 2.05) is 24.3 Å². The second kappa shape index (κ2) is 3.70. The molecular weight excluding hydrogens is 180 g/mol. The van der Waals surface area contributed by atoms with Gasteiger partial charge in [0.1, 0.15) is 5.75 Å². The number of methoxy groups -OCH3 is 1. The third-order valence-corrected chi connectivity index (χ3v) is 2.43. The van der Waals surface area contributed by atoms with Crippen molar-refractivity contribution in [1.82, 2.24) is 0 Å². The summed E-state index contributed by atoms with van der Waals surface area (Å²) in [6.45, 7) is 0.528. The largest absolute Gasteiger partial charge is 0.497 e. The molecule has 3 heteroatoms. The lowest BCUT2D eigenvalue weighted by Gasteiger charge is -2.07. The lowest BCUT2D eigenvalue weighted by atomic mass is 9.98. The number of rotatable bonds is 2. The number of benzene rings is 1. The molecule has 1 heterocycles. The number of cyclic esters (lactones) is 1. The van der Waals surface area contributed by atoms with E-state index in [-0.39, 0.29) is 11.9 Å². The summed E-state index contributed by atoms with van der Waals surface area (Å²) in [7, 11) is 1.62. The maximum Gasteiger partial charge on any atom is 0.313 e. The third kappa shape index (κ3) is 1.58. The van der Waals surface area contributed by atoms with Crippen molar-refractivity contribution in [2.24, 2.45) is 0 Å². The van der Waals surface area contributed by atoms with Gasteiger partial charge in [-0.25, -0.2) is 0 Å². The highest BCUT2D eigenvalue weighted by atomic mass is 16.5. The van der Waals surface area contributed by atoms with Crippen molar-refractivity contribution >= 4 is 5.97 Å². The summed E-state index contributed by atoms with van der Waals surface area (Å²) in [4.78, 5) is 11.3. The zero-order valence-electron chi connectivity index (χ0n) is 8.03. The molecule has 74 valence electrons. The molecule has 0 N–H and O–H groups in total. The lowest BCUT2D eigenvalue weighted by molar-refractivity contribution is -0.139. The highest BCUT2D eigenvalue weighted by molar-refractivity contribution is 5.79. The van der Waals surface area contributed by atoms with Crippen LogP contribution in [-0.2, 0) is 9.53 Å². The Kier molecular flexibility index (Phi) is 2.39. The van der Waals surface area contributed by atoms with Crippen molar-refractivity contribution in [3.05, 3.63) is 29.8 Å². The maximum atomic E-state index is 11.3. The Labute approximate surface area is 82.6 Å². The van der Waals surface area contributed by atoms with Crippen molar-refractivity contribution in [3.63, 3.8) is 0 Å². The van der Waals surface area contributed by atoms with E-state index in [9.17, 15) is 4.79 Å². The predicted octanol–water partition coefficient (Wildman–Crippen LogP) is 1.73. The minimum absolute atomic E-state index is 0.106. The molecule has 1 atom stereocenters. The maximum absolute atomic E-state index is 11.3. The molecular formula is C11H12O3. The molecule has 2 rings (SSSR count). The number of esters is 1. The smallest absolute Gasteiger partial charge is 0.313 e. The predicted molar refractivity (Wildman–Crippen MR) is 51.3 cm³/mol. The Morgan fingerprint density at radius 1 is 1.50 bits per heavy atom. The Morgan fingerprint density at radius 2 is 2.36 bits per heavy atom. The van der Waals surface area contributed by atoms with Crippen LogP contribution < -0.4 is 4.74 Å². The summed E-state index contributed by atoms with van der Waals surface area (Å²) < 4.78 is 10.0. The molecule has 0 saturated carbocycles.